The van der Waals surface area contributed by atoms with Gasteiger partial charge in [-0.25, -0.2) is 4.98 Å². The van der Waals surface area contributed by atoms with Crippen molar-refractivity contribution in [3.63, 3.8) is 0 Å². The topological polar surface area (TPSA) is 55.6 Å². The van der Waals surface area contributed by atoms with Crippen molar-refractivity contribution in [2.24, 2.45) is 0 Å². The summed E-state index contributed by atoms with van der Waals surface area (Å²) < 4.78 is 11.7. The molecule has 4 rings (SSSR count). The van der Waals surface area contributed by atoms with Crippen molar-refractivity contribution >= 4 is 5.91 Å². The number of benzene rings is 2. The van der Waals surface area contributed by atoms with Crippen LogP contribution in [-0.2, 0) is 17.8 Å². The summed E-state index contributed by atoms with van der Waals surface area (Å²) >= 11 is 0. The fourth-order valence-electron chi connectivity index (χ4n) is 3.70. The molecule has 1 aromatic heterocycles. The number of amides is 1. The largest absolute Gasteiger partial charge is 0.489 e. The lowest BCUT2D eigenvalue weighted by atomic mass is 10.2. The second-order valence-corrected chi connectivity index (χ2v) is 7.58. The summed E-state index contributed by atoms with van der Waals surface area (Å²) in [5, 5.41) is 0. The summed E-state index contributed by atoms with van der Waals surface area (Å²) in [6.45, 7) is 5.34. The summed E-state index contributed by atoms with van der Waals surface area (Å²) in [4.78, 5) is 19.1. The van der Waals surface area contributed by atoms with Gasteiger partial charge in [0.05, 0.1) is 12.1 Å². The molecule has 1 aliphatic rings. The first kappa shape index (κ1) is 19.2. The predicted octanol–water partition coefficient (Wildman–Crippen LogP) is 4.78. The molecule has 2 aromatic carbocycles. The first-order valence-corrected chi connectivity index (χ1v) is 10.1. The SMILES string of the molecule is Cc1oc(-c2ccc(OCc3ccccc3)cc2)nc1CC(=O)N1CCC[C@H]1C. The normalized spacial score (nSPS) is 16.2. The number of aryl methyl sites for hydroxylation is 1. The zero-order chi connectivity index (χ0) is 20.2. The van der Waals surface area contributed by atoms with Crippen LogP contribution in [-0.4, -0.2) is 28.4 Å². The van der Waals surface area contributed by atoms with E-state index in [2.05, 4.69) is 11.9 Å². The van der Waals surface area contributed by atoms with E-state index in [-0.39, 0.29) is 12.3 Å². The van der Waals surface area contributed by atoms with Crippen LogP contribution in [0, 0.1) is 6.92 Å². The molecule has 0 spiro atoms. The molecule has 3 aromatic rings. The van der Waals surface area contributed by atoms with Crippen molar-refractivity contribution in [2.75, 3.05) is 6.54 Å². The van der Waals surface area contributed by atoms with Crippen molar-refractivity contribution in [1.82, 2.24) is 9.88 Å². The van der Waals surface area contributed by atoms with Crippen LogP contribution >= 0.6 is 0 Å². The summed E-state index contributed by atoms with van der Waals surface area (Å²) in [7, 11) is 0. The van der Waals surface area contributed by atoms with E-state index in [4.69, 9.17) is 9.15 Å². The molecule has 0 N–H and O–H groups in total. The number of likely N-dealkylation sites (tertiary alicyclic amines) is 1. The minimum absolute atomic E-state index is 0.127. The lowest BCUT2D eigenvalue weighted by molar-refractivity contribution is -0.131. The Labute approximate surface area is 171 Å². The molecule has 0 radical (unpaired) electrons. The van der Waals surface area contributed by atoms with Crippen molar-refractivity contribution < 1.29 is 13.9 Å². The van der Waals surface area contributed by atoms with Gasteiger partial charge < -0.3 is 14.1 Å². The third kappa shape index (κ3) is 4.50. The zero-order valence-electron chi connectivity index (χ0n) is 16.9. The van der Waals surface area contributed by atoms with E-state index < -0.39 is 0 Å². The molecule has 1 aliphatic heterocycles. The van der Waals surface area contributed by atoms with Crippen LogP contribution in [0.4, 0.5) is 0 Å². The van der Waals surface area contributed by atoms with Crippen LogP contribution in [0.2, 0.25) is 0 Å². The van der Waals surface area contributed by atoms with Gasteiger partial charge in [0, 0.05) is 18.2 Å². The average Bonchev–Trinajstić information content (AvgIpc) is 3.33. The number of carbonyl (C=O) groups excluding carboxylic acids is 1. The highest BCUT2D eigenvalue weighted by molar-refractivity contribution is 5.79. The number of hydrogen-bond donors (Lipinski definition) is 0. The zero-order valence-corrected chi connectivity index (χ0v) is 16.9. The maximum atomic E-state index is 12.6. The van der Waals surface area contributed by atoms with Gasteiger partial charge in [-0.2, -0.15) is 0 Å². The van der Waals surface area contributed by atoms with Crippen LogP contribution in [0.25, 0.3) is 11.5 Å². The lowest BCUT2D eigenvalue weighted by Crippen LogP contribution is -2.34. The molecule has 1 saturated heterocycles. The van der Waals surface area contributed by atoms with Gasteiger partial charge in [0.1, 0.15) is 18.1 Å². The Morgan fingerprint density at radius 1 is 1.17 bits per heavy atom. The molecule has 5 heteroatoms. The fourth-order valence-corrected chi connectivity index (χ4v) is 3.70. The molecule has 1 fully saturated rings. The molecule has 29 heavy (non-hydrogen) atoms. The number of hydrogen-bond acceptors (Lipinski definition) is 4. The van der Waals surface area contributed by atoms with E-state index in [0.717, 1.165) is 36.3 Å². The van der Waals surface area contributed by atoms with Crippen molar-refractivity contribution in [2.45, 2.75) is 45.8 Å². The van der Waals surface area contributed by atoms with Gasteiger partial charge in [-0.1, -0.05) is 30.3 Å². The molecular formula is C24H26N2O3. The van der Waals surface area contributed by atoms with Crippen LogP contribution in [0.3, 0.4) is 0 Å². The Hall–Kier alpha value is -3.08. The fraction of sp³-hybridized carbons (Fsp3) is 0.333. The highest BCUT2D eigenvalue weighted by Crippen LogP contribution is 2.26. The molecule has 150 valence electrons. The highest BCUT2D eigenvalue weighted by atomic mass is 16.5. The van der Waals surface area contributed by atoms with Gasteiger partial charge in [0.25, 0.3) is 0 Å². The number of aromatic nitrogens is 1. The predicted molar refractivity (Wildman–Crippen MR) is 112 cm³/mol. The third-order valence-electron chi connectivity index (χ3n) is 5.43. The molecule has 1 atom stereocenters. The molecule has 1 amide bonds. The highest BCUT2D eigenvalue weighted by Gasteiger charge is 2.26. The van der Waals surface area contributed by atoms with Crippen LogP contribution < -0.4 is 4.74 Å². The Kier molecular flexibility index (Phi) is 5.65. The van der Waals surface area contributed by atoms with Gasteiger partial charge in [0.15, 0.2) is 0 Å². The quantitative estimate of drug-likeness (QED) is 0.608. The first-order valence-electron chi connectivity index (χ1n) is 10.1. The standard InChI is InChI=1S/C24H26N2O3/c1-17-7-6-14-26(17)23(27)15-22-18(2)29-24(25-22)20-10-12-21(13-11-20)28-16-19-8-4-3-5-9-19/h3-5,8-13,17H,6-7,14-16H2,1-2H3/t17-/m1/s1. The van der Waals surface area contributed by atoms with E-state index in [0.29, 0.717) is 30.0 Å². The number of ether oxygens (including phenoxy) is 1. The van der Waals surface area contributed by atoms with E-state index in [1.54, 1.807) is 0 Å². The van der Waals surface area contributed by atoms with Crippen LogP contribution in [0.1, 0.15) is 36.8 Å². The number of oxazole rings is 1. The summed E-state index contributed by atoms with van der Waals surface area (Å²) in [6.07, 6.45) is 2.44. The molecular weight excluding hydrogens is 364 g/mol. The second kappa shape index (κ2) is 8.52. The van der Waals surface area contributed by atoms with Crippen molar-refractivity contribution in [3.8, 4) is 17.2 Å². The maximum absolute atomic E-state index is 12.6. The minimum atomic E-state index is 0.127. The third-order valence-corrected chi connectivity index (χ3v) is 5.43. The Morgan fingerprint density at radius 2 is 1.93 bits per heavy atom. The van der Waals surface area contributed by atoms with Gasteiger partial charge in [-0.15, -0.1) is 0 Å². The second-order valence-electron chi connectivity index (χ2n) is 7.58. The first-order chi connectivity index (χ1) is 14.1. The molecule has 5 nitrogen and oxygen atoms in total. The van der Waals surface area contributed by atoms with Crippen molar-refractivity contribution in [3.05, 3.63) is 71.6 Å². The number of rotatable bonds is 6. The minimum Gasteiger partial charge on any atom is -0.489 e. The maximum Gasteiger partial charge on any atom is 0.228 e. The van der Waals surface area contributed by atoms with Gasteiger partial charge in [0.2, 0.25) is 11.8 Å². The molecule has 0 bridgehead atoms. The Morgan fingerprint density at radius 3 is 2.62 bits per heavy atom. The summed E-state index contributed by atoms with van der Waals surface area (Å²) in [5.74, 6) is 2.15. The van der Waals surface area contributed by atoms with Crippen LogP contribution in [0.15, 0.2) is 59.0 Å². The van der Waals surface area contributed by atoms with Gasteiger partial charge in [-0.05, 0) is 56.5 Å². The molecule has 0 saturated carbocycles. The molecule has 2 heterocycles. The van der Waals surface area contributed by atoms with Crippen LogP contribution in [0.5, 0.6) is 5.75 Å². The van der Waals surface area contributed by atoms with Crippen molar-refractivity contribution in [1.29, 1.82) is 0 Å². The number of carbonyl (C=O) groups is 1. The Bertz CT molecular complexity index is 964. The molecule has 0 aliphatic carbocycles. The van der Waals surface area contributed by atoms with E-state index in [1.165, 1.54) is 0 Å². The van der Waals surface area contributed by atoms with E-state index in [9.17, 15) is 4.79 Å². The summed E-state index contributed by atoms with van der Waals surface area (Å²) in [6, 6.07) is 18.1. The smallest absolute Gasteiger partial charge is 0.228 e. The summed E-state index contributed by atoms with van der Waals surface area (Å²) in [5.41, 5.74) is 2.71. The van der Waals surface area contributed by atoms with E-state index >= 15 is 0 Å². The average molecular weight is 390 g/mol. The molecule has 0 unspecified atom stereocenters. The lowest BCUT2D eigenvalue weighted by Gasteiger charge is -2.20. The monoisotopic (exact) mass is 390 g/mol. The van der Waals surface area contributed by atoms with Gasteiger partial charge in [-0.3, -0.25) is 4.79 Å². The van der Waals surface area contributed by atoms with E-state index in [1.807, 2.05) is 66.4 Å². The van der Waals surface area contributed by atoms with Gasteiger partial charge >= 0.3 is 0 Å². The Balaban J connectivity index is 1.41. The number of nitrogens with zero attached hydrogens (tertiary/aromatic N) is 2.